The Kier molecular flexibility index (Phi) is 4.49. The summed E-state index contributed by atoms with van der Waals surface area (Å²) in [6.45, 7) is 0. The van der Waals surface area contributed by atoms with Crippen LogP contribution in [0.1, 0.15) is 5.56 Å². The normalized spacial score (nSPS) is 10.7. The molecule has 0 radical (unpaired) electrons. The molecule has 5 nitrogen and oxygen atoms in total. The highest BCUT2D eigenvalue weighted by Gasteiger charge is 2.12. The quantitative estimate of drug-likeness (QED) is 0.282. The Morgan fingerprint density at radius 3 is 2.80 bits per heavy atom. The molecule has 0 atom stereocenters. The smallest absolute Gasteiger partial charge is 0.336 e. The van der Waals surface area contributed by atoms with Crippen molar-refractivity contribution in [1.82, 2.24) is 0 Å². The van der Waals surface area contributed by atoms with Crippen LogP contribution in [0.3, 0.4) is 0 Å². The van der Waals surface area contributed by atoms with E-state index in [1.165, 1.54) is 29.5 Å². The predicted molar refractivity (Wildman–Crippen MR) is 77.1 cm³/mol. The number of rotatable bonds is 4. The fourth-order valence-electron chi connectivity index (χ4n) is 1.36. The van der Waals surface area contributed by atoms with Crippen molar-refractivity contribution in [3.05, 3.63) is 61.8 Å². The van der Waals surface area contributed by atoms with Crippen LogP contribution in [-0.4, -0.2) is 10.9 Å². The lowest BCUT2D eigenvalue weighted by atomic mass is 10.3. The summed E-state index contributed by atoms with van der Waals surface area (Å²) in [5.74, 6) is -0.524. The lowest BCUT2D eigenvalue weighted by Gasteiger charge is -2.03. The van der Waals surface area contributed by atoms with E-state index in [1.807, 2.05) is 16.8 Å². The largest absolute Gasteiger partial charge is 0.422 e. The maximum absolute atomic E-state index is 11.6. The van der Waals surface area contributed by atoms with Crippen LogP contribution in [0.2, 0.25) is 5.02 Å². The average Bonchev–Trinajstić information content (AvgIpc) is 2.91. The molecule has 0 fully saturated rings. The molecule has 0 aliphatic carbocycles. The van der Waals surface area contributed by atoms with Crippen LogP contribution >= 0.6 is 22.9 Å². The van der Waals surface area contributed by atoms with Gasteiger partial charge in [-0.05, 0) is 34.5 Å². The number of thiophene rings is 1. The fraction of sp³-hybridized carbons (Fsp3) is 0. The van der Waals surface area contributed by atoms with Crippen molar-refractivity contribution < 1.29 is 14.5 Å². The van der Waals surface area contributed by atoms with E-state index in [4.69, 9.17) is 16.3 Å². The molecule has 1 aromatic carbocycles. The Morgan fingerprint density at radius 1 is 1.40 bits per heavy atom. The van der Waals surface area contributed by atoms with Gasteiger partial charge in [-0.1, -0.05) is 11.6 Å². The molecule has 0 unspecified atom stereocenters. The van der Waals surface area contributed by atoms with Crippen molar-refractivity contribution in [2.75, 3.05) is 0 Å². The Morgan fingerprint density at radius 2 is 2.20 bits per heavy atom. The number of nitro benzene ring substituents is 1. The van der Waals surface area contributed by atoms with Gasteiger partial charge in [-0.25, -0.2) is 4.79 Å². The number of halogens is 1. The third-order valence-electron chi connectivity index (χ3n) is 2.29. The first kappa shape index (κ1) is 14.2. The molecule has 20 heavy (non-hydrogen) atoms. The van der Waals surface area contributed by atoms with E-state index in [2.05, 4.69) is 0 Å². The van der Waals surface area contributed by atoms with E-state index in [1.54, 1.807) is 6.08 Å². The lowest BCUT2D eigenvalue weighted by Crippen LogP contribution is -2.04. The van der Waals surface area contributed by atoms with Crippen LogP contribution in [-0.2, 0) is 4.79 Å². The second-order valence-corrected chi connectivity index (χ2v) is 4.87. The number of carbonyl (C=O) groups excluding carboxylic acids is 1. The van der Waals surface area contributed by atoms with Crippen LogP contribution < -0.4 is 4.74 Å². The highest BCUT2D eigenvalue weighted by molar-refractivity contribution is 7.08. The highest BCUT2D eigenvalue weighted by atomic mass is 35.5. The summed E-state index contributed by atoms with van der Waals surface area (Å²) < 4.78 is 5.00. The van der Waals surface area contributed by atoms with Crippen LogP contribution in [0.25, 0.3) is 6.08 Å². The molecule has 1 heterocycles. The monoisotopic (exact) mass is 309 g/mol. The molecule has 0 aliphatic heterocycles. The van der Waals surface area contributed by atoms with Gasteiger partial charge in [0, 0.05) is 18.2 Å². The van der Waals surface area contributed by atoms with E-state index in [0.29, 0.717) is 0 Å². The number of esters is 1. The van der Waals surface area contributed by atoms with Crippen molar-refractivity contribution in [1.29, 1.82) is 0 Å². The van der Waals surface area contributed by atoms with Crippen LogP contribution in [0, 0.1) is 10.1 Å². The summed E-state index contributed by atoms with van der Waals surface area (Å²) in [6, 6.07) is 5.49. The SMILES string of the molecule is O=C(/C=C/c1ccsc1)Oc1ccc([N+](=O)[O-])cc1Cl. The average molecular weight is 310 g/mol. The molecule has 0 spiro atoms. The van der Waals surface area contributed by atoms with E-state index in [9.17, 15) is 14.9 Å². The zero-order chi connectivity index (χ0) is 14.5. The second kappa shape index (κ2) is 6.31. The first-order chi connectivity index (χ1) is 9.56. The first-order valence-corrected chi connectivity index (χ1v) is 6.74. The molecule has 2 rings (SSSR count). The molecule has 0 N–H and O–H groups in total. The van der Waals surface area contributed by atoms with E-state index in [-0.39, 0.29) is 16.5 Å². The molecule has 1 aromatic heterocycles. The third-order valence-corrected chi connectivity index (χ3v) is 3.29. The summed E-state index contributed by atoms with van der Waals surface area (Å²) in [5.41, 5.74) is 0.727. The minimum Gasteiger partial charge on any atom is -0.422 e. The number of nitro groups is 1. The third kappa shape index (κ3) is 3.66. The standard InChI is InChI=1S/C13H8ClNO4S/c14-11-7-10(15(17)18)2-3-12(11)19-13(16)4-1-9-5-6-20-8-9/h1-8H/b4-1+. The molecule has 7 heteroatoms. The maximum atomic E-state index is 11.6. The van der Waals surface area contributed by atoms with Gasteiger partial charge in [-0.15, -0.1) is 0 Å². The molecule has 0 amide bonds. The van der Waals surface area contributed by atoms with Gasteiger partial charge in [0.15, 0.2) is 0 Å². The molecule has 0 aliphatic rings. The highest BCUT2D eigenvalue weighted by Crippen LogP contribution is 2.28. The summed E-state index contributed by atoms with van der Waals surface area (Å²) in [6.07, 6.45) is 2.87. The predicted octanol–water partition coefficient (Wildman–Crippen LogP) is 3.93. The van der Waals surface area contributed by atoms with Gasteiger partial charge < -0.3 is 4.74 Å². The van der Waals surface area contributed by atoms with Crippen molar-refractivity contribution in [3.63, 3.8) is 0 Å². The van der Waals surface area contributed by atoms with E-state index in [0.717, 1.165) is 11.6 Å². The van der Waals surface area contributed by atoms with Crippen LogP contribution in [0.4, 0.5) is 5.69 Å². The molecule has 102 valence electrons. The van der Waals surface area contributed by atoms with Gasteiger partial charge in [0.2, 0.25) is 0 Å². The minimum absolute atomic E-state index is 0.0106. The number of nitrogens with zero attached hydrogens (tertiary/aromatic N) is 1. The van der Waals surface area contributed by atoms with Crippen molar-refractivity contribution >= 4 is 40.7 Å². The van der Waals surface area contributed by atoms with Gasteiger partial charge in [0.05, 0.1) is 9.95 Å². The number of hydrogen-bond donors (Lipinski definition) is 0. The maximum Gasteiger partial charge on any atom is 0.336 e. The Bertz CT molecular complexity index is 667. The van der Waals surface area contributed by atoms with Crippen molar-refractivity contribution in [2.45, 2.75) is 0 Å². The molecule has 0 saturated carbocycles. The van der Waals surface area contributed by atoms with Crippen molar-refractivity contribution in [3.8, 4) is 5.75 Å². The van der Waals surface area contributed by atoms with Gasteiger partial charge in [-0.3, -0.25) is 10.1 Å². The first-order valence-electron chi connectivity index (χ1n) is 5.42. The zero-order valence-corrected chi connectivity index (χ0v) is 11.6. The van der Waals surface area contributed by atoms with E-state index >= 15 is 0 Å². The fourth-order valence-corrected chi connectivity index (χ4v) is 2.20. The molecular weight excluding hydrogens is 302 g/mol. The molecule has 2 aromatic rings. The summed E-state index contributed by atoms with van der Waals surface area (Å²) >= 11 is 7.33. The van der Waals surface area contributed by atoms with Crippen LogP contribution in [0.5, 0.6) is 5.75 Å². The molecule has 0 saturated heterocycles. The van der Waals surface area contributed by atoms with Crippen LogP contribution in [0.15, 0.2) is 41.1 Å². The summed E-state index contributed by atoms with van der Waals surface area (Å²) in [4.78, 5) is 21.6. The summed E-state index contributed by atoms with van der Waals surface area (Å²) in [5, 5.41) is 14.3. The van der Waals surface area contributed by atoms with Gasteiger partial charge in [0.25, 0.3) is 5.69 Å². The zero-order valence-electron chi connectivity index (χ0n) is 9.99. The topological polar surface area (TPSA) is 69.4 Å². The van der Waals surface area contributed by atoms with Gasteiger partial charge in [-0.2, -0.15) is 11.3 Å². The molecular formula is C13H8ClNO4S. The minimum atomic E-state index is -0.605. The Labute approximate surface area is 123 Å². The Hall–Kier alpha value is -2.18. The summed E-state index contributed by atoms with van der Waals surface area (Å²) in [7, 11) is 0. The number of benzene rings is 1. The number of non-ortho nitro benzene ring substituents is 1. The lowest BCUT2D eigenvalue weighted by molar-refractivity contribution is -0.384. The number of ether oxygens (including phenoxy) is 1. The van der Waals surface area contributed by atoms with Gasteiger partial charge in [0.1, 0.15) is 5.75 Å². The van der Waals surface area contributed by atoms with E-state index < -0.39 is 10.9 Å². The second-order valence-electron chi connectivity index (χ2n) is 3.68. The van der Waals surface area contributed by atoms with Crippen molar-refractivity contribution in [2.24, 2.45) is 0 Å². The molecule has 0 bridgehead atoms. The number of hydrogen-bond acceptors (Lipinski definition) is 5. The van der Waals surface area contributed by atoms with Gasteiger partial charge >= 0.3 is 5.97 Å². The number of carbonyl (C=O) groups is 1. The Balaban J connectivity index is 2.06.